The van der Waals surface area contributed by atoms with Crippen LogP contribution in [0.4, 0.5) is 10.1 Å². The van der Waals surface area contributed by atoms with E-state index in [4.69, 9.17) is 0 Å². The number of anilines is 1. The van der Waals surface area contributed by atoms with Crippen LogP contribution < -0.4 is 9.47 Å². The molecule has 24 heavy (non-hydrogen) atoms. The molecule has 120 valence electrons. The summed E-state index contributed by atoms with van der Waals surface area (Å²) < 4.78 is 15.7. The molecule has 1 aliphatic rings. The van der Waals surface area contributed by atoms with E-state index in [1.165, 1.54) is 22.5 Å². The normalized spacial score (nSPS) is 15.3. The van der Waals surface area contributed by atoms with Crippen LogP contribution >= 0.6 is 11.8 Å². The third-order valence-electron chi connectivity index (χ3n) is 4.36. The molecule has 2 heterocycles. The summed E-state index contributed by atoms with van der Waals surface area (Å²) in [5.41, 5.74) is 3.33. The van der Waals surface area contributed by atoms with E-state index >= 15 is 0 Å². The maximum absolute atomic E-state index is 13.6. The molecule has 2 nitrogen and oxygen atoms in total. The van der Waals surface area contributed by atoms with E-state index in [0.29, 0.717) is 0 Å². The molecular formula is C20H18FN2S+. The Labute approximate surface area is 145 Å². The number of hydrogen-bond donors (Lipinski definition) is 0. The van der Waals surface area contributed by atoms with E-state index in [2.05, 4.69) is 66.0 Å². The number of benzene rings is 2. The molecule has 0 atom stereocenters. The number of hydrogen-bond acceptors (Lipinski definition) is 2. The number of nitrogens with zero attached hydrogens (tertiary/aromatic N) is 2. The first kappa shape index (κ1) is 15.2. The van der Waals surface area contributed by atoms with Crippen molar-refractivity contribution in [2.24, 2.45) is 7.05 Å². The highest BCUT2D eigenvalue weighted by Gasteiger charge is 2.24. The average Bonchev–Trinajstić information content (AvgIpc) is 2.94. The van der Waals surface area contributed by atoms with Gasteiger partial charge in [-0.3, -0.25) is 0 Å². The zero-order valence-corrected chi connectivity index (χ0v) is 14.5. The molecule has 1 aromatic heterocycles. The van der Waals surface area contributed by atoms with Gasteiger partial charge in [-0.2, -0.15) is 0 Å². The van der Waals surface area contributed by atoms with Gasteiger partial charge in [0.2, 0.25) is 5.52 Å². The Morgan fingerprint density at radius 1 is 1.17 bits per heavy atom. The van der Waals surface area contributed by atoms with Gasteiger partial charge in [0.1, 0.15) is 12.9 Å². The molecule has 0 radical (unpaired) electrons. The van der Waals surface area contributed by atoms with E-state index in [-0.39, 0.29) is 5.82 Å². The summed E-state index contributed by atoms with van der Waals surface area (Å²) in [5.74, 6) is -0.189. The fraction of sp³-hybridized carbons (Fsp3) is 0.150. The monoisotopic (exact) mass is 337 g/mol. The van der Waals surface area contributed by atoms with E-state index in [9.17, 15) is 4.39 Å². The molecule has 0 aliphatic carbocycles. The Kier molecular flexibility index (Phi) is 3.77. The zero-order valence-electron chi connectivity index (χ0n) is 13.7. The number of fused-ring (bicyclic) bond motifs is 2. The van der Waals surface area contributed by atoms with Crippen LogP contribution in [0.2, 0.25) is 0 Å². The SMILES string of the molecule is CCN1/C(=C/c2cc[n+](C)c3ccccc23)Sc2ccc(F)cc21. The van der Waals surface area contributed by atoms with Crippen LogP contribution in [0.15, 0.2) is 64.7 Å². The summed E-state index contributed by atoms with van der Waals surface area (Å²) in [5, 5.41) is 2.35. The lowest BCUT2D eigenvalue weighted by atomic mass is 10.1. The third kappa shape index (κ3) is 2.47. The second-order valence-corrected chi connectivity index (χ2v) is 6.90. The summed E-state index contributed by atoms with van der Waals surface area (Å²) >= 11 is 1.70. The van der Waals surface area contributed by atoms with Crippen LogP contribution in [0.5, 0.6) is 0 Å². The topological polar surface area (TPSA) is 7.12 Å². The molecule has 0 saturated carbocycles. The van der Waals surface area contributed by atoms with E-state index in [1.54, 1.807) is 17.8 Å². The first-order valence-corrected chi connectivity index (χ1v) is 8.83. The van der Waals surface area contributed by atoms with Crippen LogP contribution in [0.25, 0.3) is 17.0 Å². The zero-order chi connectivity index (χ0) is 16.7. The van der Waals surface area contributed by atoms with Crippen LogP contribution in [0.3, 0.4) is 0 Å². The lowest BCUT2D eigenvalue weighted by Crippen LogP contribution is -2.28. The predicted octanol–water partition coefficient (Wildman–Crippen LogP) is 4.73. The molecule has 0 unspecified atom stereocenters. The largest absolute Gasteiger partial charge is 0.335 e. The molecule has 4 heteroatoms. The van der Waals surface area contributed by atoms with Gasteiger partial charge in [-0.05, 0) is 42.8 Å². The number of pyridine rings is 1. The predicted molar refractivity (Wildman–Crippen MR) is 98.4 cm³/mol. The lowest BCUT2D eigenvalue weighted by molar-refractivity contribution is -0.644. The van der Waals surface area contributed by atoms with Gasteiger partial charge in [0.15, 0.2) is 6.20 Å². The molecule has 0 saturated heterocycles. The molecular weight excluding hydrogens is 319 g/mol. The lowest BCUT2D eigenvalue weighted by Gasteiger charge is -2.18. The smallest absolute Gasteiger partial charge is 0.212 e. The number of halogens is 1. The summed E-state index contributed by atoms with van der Waals surface area (Å²) in [7, 11) is 2.06. The number of aromatic nitrogens is 1. The maximum Gasteiger partial charge on any atom is 0.212 e. The first-order valence-electron chi connectivity index (χ1n) is 8.01. The van der Waals surface area contributed by atoms with Crippen molar-refractivity contribution in [3.8, 4) is 0 Å². The Bertz CT molecular complexity index is 965. The van der Waals surface area contributed by atoms with Crippen molar-refractivity contribution in [3.63, 3.8) is 0 Å². The summed E-state index contributed by atoms with van der Waals surface area (Å²) in [6, 6.07) is 15.5. The molecule has 0 bridgehead atoms. The molecule has 2 aromatic carbocycles. The molecule has 3 aromatic rings. The number of aryl methyl sites for hydroxylation is 1. The molecule has 4 rings (SSSR count). The summed E-state index contributed by atoms with van der Waals surface area (Å²) in [6.07, 6.45) is 4.28. The summed E-state index contributed by atoms with van der Waals surface area (Å²) in [6.45, 7) is 2.91. The molecule has 0 spiro atoms. The molecule has 0 N–H and O–H groups in total. The quantitative estimate of drug-likeness (QED) is 0.624. The van der Waals surface area contributed by atoms with Crippen molar-refractivity contribution in [2.45, 2.75) is 11.8 Å². The highest BCUT2D eigenvalue weighted by molar-refractivity contribution is 8.03. The van der Waals surface area contributed by atoms with Crippen molar-refractivity contribution >= 4 is 34.4 Å². The molecule has 0 amide bonds. The van der Waals surface area contributed by atoms with Gasteiger partial charge in [0.05, 0.1) is 16.1 Å². The fourth-order valence-electron chi connectivity index (χ4n) is 3.15. The van der Waals surface area contributed by atoms with Gasteiger partial charge in [-0.25, -0.2) is 8.96 Å². The Balaban J connectivity index is 1.84. The van der Waals surface area contributed by atoms with Gasteiger partial charge >= 0.3 is 0 Å². The number of thioether (sulfide) groups is 1. The maximum atomic E-state index is 13.6. The van der Waals surface area contributed by atoms with E-state index in [1.807, 2.05) is 6.07 Å². The van der Waals surface area contributed by atoms with Gasteiger partial charge in [-0.1, -0.05) is 23.9 Å². The van der Waals surface area contributed by atoms with Gasteiger partial charge < -0.3 is 4.90 Å². The number of rotatable bonds is 2. The Morgan fingerprint density at radius 2 is 2.00 bits per heavy atom. The summed E-state index contributed by atoms with van der Waals surface area (Å²) in [4.78, 5) is 3.28. The van der Waals surface area contributed by atoms with Crippen LogP contribution in [0.1, 0.15) is 12.5 Å². The standard InChI is InChI=1S/C20H18FN2S/c1-3-23-18-13-15(21)8-9-19(18)24-20(23)12-14-10-11-22(2)17-7-5-4-6-16(14)17/h4-13H,3H2,1-2H3/q+1. The van der Waals surface area contributed by atoms with E-state index < -0.39 is 0 Å². The van der Waals surface area contributed by atoms with Crippen LogP contribution in [-0.2, 0) is 7.05 Å². The average molecular weight is 337 g/mol. The van der Waals surface area contributed by atoms with Gasteiger partial charge in [0, 0.05) is 23.6 Å². The Morgan fingerprint density at radius 3 is 2.83 bits per heavy atom. The minimum absolute atomic E-state index is 0.189. The molecule has 0 fully saturated rings. The van der Waals surface area contributed by atoms with Crippen LogP contribution in [0, 0.1) is 5.82 Å². The van der Waals surface area contributed by atoms with Crippen molar-refractivity contribution in [2.75, 3.05) is 11.4 Å². The molecule has 1 aliphatic heterocycles. The van der Waals surface area contributed by atoms with Crippen molar-refractivity contribution in [1.82, 2.24) is 0 Å². The van der Waals surface area contributed by atoms with Crippen molar-refractivity contribution < 1.29 is 8.96 Å². The van der Waals surface area contributed by atoms with E-state index in [0.717, 1.165) is 22.2 Å². The highest BCUT2D eigenvalue weighted by Crippen LogP contribution is 2.46. The van der Waals surface area contributed by atoms with Crippen molar-refractivity contribution in [3.05, 3.63) is 71.1 Å². The third-order valence-corrected chi connectivity index (χ3v) is 5.47. The van der Waals surface area contributed by atoms with Crippen molar-refractivity contribution in [1.29, 1.82) is 0 Å². The van der Waals surface area contributed by atoms with Gasteiger partial charge in [0.25, 0.3) is 0 Å². The second-order valence-electron chi connectivity index (χ2n) is 5.84. The minimum Gasteiger partial charge on any atom is -0.335 e. The second kappa shape index (κ2) is 5.95. The number of para-hydroxylation sites is 1. The highest BCUT2D eigenvalue weighted by atomic mass is 32.2. The fourth-order valence-corrected chi connectivity index (χ4v) is 4.31. The van der Waals surface area contributed by atoms with Gasteiger partial charge in [-0.15, -0.1) is 0 Å². The Hall–Kier alpha value is -2.33. The van der Waals surface area contributed by atoms with Crippen LogP contribution in [-0.4, -0.2) is 6.54 Å². The minimum atomic E-state index is -0.189. The first-order chi connectivity index (χ1) is 11.7.